The standard InChI is InChI=1S/C19H21NO5S/c1-23-14-9-12(10-15(24-2)18(14)25-3)20-16(17(21)19(20)22)11-5-7-13(26-4)8-6-11/h5-10,16-17,21H,1-4H3/t16?,17-/m1/s1. The van der Waals surface area contributed by atoms with Gasteiger partial charge in [-0.15, -0.1) is 11.8 Å². The van der Waals surface area contributed by atoms with Crippen molar-refractivity contribution in [3.05, 3.63) is 42.0 Å². The van der Waals surface area contributed by atoms with E-state index in [4.69, 9.17) is 14.2 Å². The van der Waals surface area contributed by atoms with Crippen molar-refractivity contribution < 1.29 is 24.1 Å². The third-order valence-corrected chi connectivity index (χ3v) is 5.20. The molecule has 2 aromatic rings. The van der Waals surface area contributed by atoms with E-state index in [0.717, 1.165) is 10.5 Å². The summed E-state index contributed by atoms with van der Waals surface area (Å²) in [4.78, 5) is 15.0. The highest BCUT2D eigenvalue weighted by Gasteiger charge is 2.48. The van der Waals surface area contributed by atoms with Crippen molar-refractivity contribution in [1.82, 2.24) is 0 Å². The summed E-state index contributed by atoms with van der Waals surface area (Å²) < 4.78 is 16.1. The van der Waals surface area contributed by atoms with Gasteiger partial charge >= 0.3 is 0 Å². The van der Waals surface area contributed by atoms with Crippen LogP contribution in [0.5, 0.6) is 17.2 Å². The van der Waals surface area contributed by atoms with Crippen LogP contribution in [-0.4, -0.2) is 44.7 Å². The van der Waals surface area contributed by atoms with E-state index in [1.807, 2.05) is 30.5 Å². The maximum Gasteiger partial charge on any atom is 0.259 e. The van der Waals surface area contributed by atoms with Gasteiger partial charge in [0.15, 0.2) is 17.6 Å². The molecule has 0 saturated carbocycles. The highest BCUT2D eigenvalue weighted by atomic mass is 32.2. The maximum absolute atomic E-state index is 12.4. The Morgan fingerprint density at radius 3 is 2.04 bits per heavy atom. The van der Waals surface area contributed by atoms with Crippen molar-refractivity contribution in [3.63, 3.8) is 0 Å². The number of methoxy groups -OCH3 is 3. The van der Waals surface area contributed by atoms with Crippen LogP contribution in [0.1, 0.15) is 11.6 Å². The second kappa shape index (κ2) is 7.47. The number of hydrogen-bond acceptors (Lipinski definition) is 6. The van der Waals surface area contributed by atoms with Crippen molar-refractivity contribution >= 4 is 23.4 Å². The van der Waals surface area contributed by atoms with E-state index >= 15 is 0 Å². The molecule has 1 aliphatic rings. The number of carbonyl (C=O) groups is 1. The molecular weight excluding hydrogens is 354 g/mol. The lowest BCUT2D eigenvalue weighted by Crippen LogP contribution is -2.59. The predicted molar refractivity (Wildman–Crippen MR) is 101 cm³/mol. The van der Waals surface area contributed by atoms with E-state index in [0.29, 0.717) is 22.9 Å². The van der Waals surface area contributed by atoms with Crippen LogP contribution in [0.25, 0.3) is 0 Å². The number of rotatable bonds is 6. The molecule has 7 heteroatoms. The number of hydrogen-bond donors (Lipinski definition) is 1. The monoisotopic (exact) mass is 375 g/mol. The van der Waals surface area contributed by atoms with Crippen LogP contribution in [0, 0.1) is 0 Å². The van der Waals surface area contributed by atoms with Crippen LogP contribution >= 0.6 is 11.8 Å². The first-order valence-corrected chi connectivity index (χ1v) is 9.23. The van der Waals surface area contributed by atoms with Gasteiger partial charge in [0.05, 0.1) is 33.1 Å². The first-order chi connectivity index (χ1) is 12.5. The Kier molecular flexibility index (Phi) is 5.29. The van der Waals surface area contributed by atoms with E-state index in [9.17, 15) is 9.90 Å². The highest BCUT2D eigenvalue weighted by Crippen LogP contribution is 2.46. The lowest BCUT2D eigenvalue weighted by molar-refractivity contribution is -0.137. The molecule has 0 aliphatic carbocycles. The van der Waals surface area contributed by atoms with Gasteiger partial charge in [-0.25, -0.2) is 0 Å². The second-order valence-electron chi connectivity index (χ2n) is 5.75. The molecule has 0 aromatic heterocycles. The lowest BCUT2D eigenvalue weighted by Gasteiger charge is -2.44. The van der Waals surface area contributed by atoms with Gasteiger partial charge in [-0.1, -0.05) is 12.1 Å². The molecule has 1 heterocycles. The Bertz CT molecular complexity index is 783. The molecule has 0 bridgehead atoms. The smallest absolute Gasteiger partial charge is 0.259 e. The molecule has 1 aliphatic heterocycles. The average molecular weight is 375 g/mol. The number of aliphatic hydroxyl groups is 1. The summed E-state index contributed by atoms with van der Waals surface area (Å²) in [5.41, 5.74) is 1.44. The predicted octanol–water partition coefficient (Wildman–Crippen LogP) is 2.88. The van der Waals surface area contributed by atoms with Crippen molar-refractivity contribution in [1.29, 1.82) is 0 Å². The molecule has 1 saturated heterocycles. The minimum Gasteiger partial charge on any atom is -0.493 e. The summed E-state index contributed by atoms with van der Waals surface area (Å²) in [7, 11) is 4.56. The molecular formula is C19H21NO5S. The van der Waals surface area contributed by atoms with E-state index in [1.165, 1.54) is 21.3 Å². The van der Waals surface area contributed by atoms with Crippen LogP contribution in [-0.2, 0) is 4.79 Å². The molecule has 138 valence electrons. The van der Waals surface area contributed by atoms with Crippen LogP contribution in [0.4, 0.5) is 5.69 Å². The fourth-order valence-corrected chi connectivity index (χ4v) is 3.51. The van der Waals surface area contributed by atoms with Gasteiger partial charge in [-0.3, -0.25) is 9.69 Å². The minimum atomic E-state index is -1.07. The molecule has 1 fully saturated rings. The van der Waals surface area contributed by atoms with Crippen molar-refractivity contribution in [2.24, 2.45) is 0 Å². The number of amides is 1. The normalized spacial score (nSPS) is 19.1. The highest BCUT2D eigenvalue weighted by molar-refractivity contribution is 7.98. The van der Waals surface area contributed by atoms with Crippen LogP contribution in [0.3, 0.4) is 0 Å². The minimum absolute atomic E-state index is 0.363. The zero-order valence-corrected chi connectivity index (χ0v) is 15.9. The Morgan fingerprint density at radius 2 is 1.58 bits per heavy atom. The SMILES string of the molecule is COc1cc(N2C(=O)[C@H](O)C2c2ccc(SC)cc2)cc(OC)c1OC. The van der Waals surface area contributed by atoms with E-state index in [1.54, 1.807) is 28.8 Å². The first-order valence-electron chi connectivity index (χ1n) is 8.00. The van der Waals surface area contributed by atoms with Crippen LogP contribution < -0.4 is 19.1 Å². The molecule has 3 rings (SSSR count). The van der Waals surface area contributed by atoms with E-state index in [2.05, 4.69) is 0 Å². The number of β-lactam (4-membered cyclic amide) rings is 1. The number of benzene rings is 2. The number of anilines is 1. The Labute approximate surface area is 156 Å². The van der Waals surface area contributed by atoms with Crippen molar-refractivity contribution in [2.45, 2.75) is 17.0 Å². The van der Waals surface area contributed by atoms with Gasteiger partial charge in [-0.05, 0) is 24.0 Å². The zero-order chi connectivity index (χ0) is 18.8. The third-order valence-electron chi connectivity index (χ3n) is 4.45. The van der Waals surface area contributed by atoms with Crippen molar-refractivity contribution in [2.75, 3.05) is 32.5 Å². The molecule has 1 unspecified atom stereocenters. The largest absolute Gasteiger partial charge is 0.493 e. The van der Waals surface area contributed by atoms with Crippen LogP contribution in [0.2, 0.25) is 0 Å². The quantitative estimate of drug-likeness (QED) is 0.619. The summed E-state index contributed by atoms with van der Waals surface area (Å²) in [5.74, 6) is 0.992. The van der Waals surface area contributed by atoms with Gasteiger partial charge in [0.2, 0.25) is 5.75 Å². The zero-order valence-electron chi connectivity index (χ0n) is 15.1. The second-order valence-corrected chi connectivity index (χ2v) is 6.63. The number of aliphatic hydroxyl groups excluding tert-OH is 1. The Hall–Kier alpha value is -2.38. The molecule has 2 atom stereocenters. The number of nitrogens with zero attached hydrogens (tertiary/aromatic N) is 1. The lowest BCUT2D eigenvalue weighted by atomic mass is 9.90. The maximum atomic E-state index is 12.4. The molecule has 0 radical (unpaired) electrons. The van der Waals surface area contributed by atoms with Crippen LogP contribution in [0.15, 0.2) is 41.3 Å². The average Bonchev–Trinajstić information content (AvgIpc) is 2.70. The van der Waals surface area contributed by atoms with Gasteiger partial charge in [0.1, 0.15) is 0 Å². The van der Waals surface area contributed by atoms with Gasteiger partial charge in [0.25, 0.3) is 5.91 Å². The fourth-order valence-electron chi connectivity index (χ4n) is 3.10. The number of ether oxygens (including phenoxy) is 3. The van der Waals surface area contributed by atoms with Gasteiger partial charge in [-0.2, -0.15) is 0 Å². The van der Waals surface area contributed by atoms with Gasteiger partial charge < -0.3 is 19.3 Å². The molecule has 26 heavy (non-hydrogen) atoms. The van der Waals surface area contributed by atoms with E-state index in [-0.39, 0.29) is 5.91 Å². The topological polar surface area (TPSA) is 68.2 Å². The molecule has 1 N–H and O–H groups in total. The Balaban J connectivity index is 2.02. The third kappa shape index (κ3) is 2.97. The molecule has 0 spiro atoms. The number of thioether (sulfide) groups is 1. The summed E-state index contributed by atoms with van der Waals surface area (Å²) in [5, 5.41) is 10.3. The summed E-state index contributed by atoms with van der Waals surface area (Å²) in [6.07, 6.45) is 0.924. The Morgan fingerprint density at radius 1 is 1.00 bits per heavy atom. The van der Waals surface area contributed by atoms with E-state index < -0.39 is 12.1 Å². The van der Waals surface area contributed by atoms with Gasteiger partial charge in [0, 0.05) is 17.0 Å². The first kappa shape index (κ1) is 18.4. The summed E-state index contributed by atoms with van der Waals surface area (Å²) in [6.45, 7) is 0. The number of carbonyl (C=O) groups excluding carboxylic acids is 1. The fraction of sp³-hybridized carbons (Fsp3) is 0.316. The molecule has 1 amide bonds. The summed E-state index contributed by atoms with van der Waals surface area (Å²) >= 11 is 1.64. The molecule has 2 aromatic carbocycles. The molecule has 6 nitrogen and oxygen atoms in total. The summed E-state index contributed by atoms with van der Waals surface area (Å²) in [6, 6.07) is 10.8. The van der Waals surface area contributed by atoms with Crippen molar-refractivity contribution in [3.8, 4) is 17.2 Å².